The molecule has 0 radical (unpaired) electrons. The van der Waals surface area contributed by atoms with Crippen LogP contribution in [-0.4, -0.2) is 84.8 Å². The van der Waals surface area contributed by atoms with Crippen molar-refractivity contribution in [3.63, 3.8) is 0 Å². The molecule has 0 spiro atoms. The molecule has 0 aliphatic carbocycles. The van der Waals surface area contributed by atoms with Gasteiger partial charge in [0.1, 0.15) is 18.6 Å². The minimum absolute atomic E-state index is 0.162. The van der Waals surface area contributed by atoms with Gasteiger partial charge in [-0.2, -0.15) is 18.4 Å². The van der Waals surface area contributed by atoms with E-state index >= 15 is 0 Å². The first kappa shape index (κ1) is 39.1. The van der Waals surface area contributed by atoms with E-state index in [2.05, 4.69) is 31.4 Å². The van der Waals surface area contributed by atoms with E-state index in [1.807, 2.05) is 32.2 Å². The molecule has 2 saturated heterocycles. The van der Waals surface area contributed by atoms with Crippen LogP contribution in [0.1, 0.15) is 73.6 Å². The van der Waals surface area contributed by atoms with Gasteiger partial charge >= 0.3 is 12.2 Å². The van der Waals surface area contributed by atoms with E-state index in [0.717, 1.165) is 12.3 Å². The van der Waals surface area contributed by atoms with E-state index in [9.17, 15) is 37.6 Å². The predicted octanol–water partition coefficient (Wildman–Crippen LogP) is 2.45. The fourth-order valence-corrected chi connectivity index (χ4v) is 3.40. The van der Waals surface area contributed by atoms with Gasteiger partial charge in [-0.15, -0.1) is 0 Å². The molecule has 0 aromatic heterocycles. The SMILES string of the molecule is CC.CC(C)C.CCCO.N#CC(C[C@@H]1CCNC1=O)NC(=O)C1CCCN1C(=O)CNC(=O)NCC(F)(F)F. The van der Waals surface area contributed by atoms with Crippen LogP contribution in [-0.2, 0) is 14.4 Å². The Balaban J connectivity index is 0. The second-order valence-corrected chi connectivity index (χ2v) is 9.55. The van der Waals surface area contributed by atoms with Crippen molar-refractivity contribution >= 4 is 23.8 Å². The summed E-state index contributed by atoms with van der Waals surface area (Å²) in [6, 6.07) is -0.960. The molecule has 5 amide bonds. The summed E-state index contributed by atoms with van der Waals surface area (Å²) < 4.78 is 36.2. The minimum Gasteiger partial charge on any atom is -0.396 e. The molecule has 0 aromatic carbocycles. The Morgan fingerprint density at radius 1 is 1.18 bits per heavy atom. The summed E-state index contributed by atoms with van der Waals surface area (Å²) in [7, 11) is 0. The second-order valence-electron chi connectivity index (χ2n) is 9.55. The van der Waals surface area contributed by atoms with Crippen molar-refractivity contribution in [2.45, 2.75) is 91.9 Å². The van der Waals surface area contributed by atoms with Crippen LogP contribution < -0.4 is 21.3 Å². The molecule has 0 saturated carbocycles. The Bertz CT molecular complexity index is 800. The van der Waals surface area contributed by atoms with Crippen LogP contribution in [0.4, 0.5) is 18.0 Å². The van der Waals surface area contributed by atoms with E-state index < -0.39 is 49.2 Å². The van der Waals surface area contributed by atoms with Crippen LogP contribution in [0.5, 0.6) is 0 Å². The van der Waals surface area contributed by atoms with Gasteiger partial charge in [-0.25, -0.2) is 4.79 Å². The molecule has 14 heteroatoms. The van der Waals surface area contributed by atoms with E-state index in [4.69, 9.17) is 5.11 Å². The summed E-state index contributed by atoms with van der Waals surface area (Å²) in [5.41, 5.74) is 0. The van der Waals surface area contributed by atoms with Gasteiger partial charge in [0.15, 0.2) is 0 Å². The van der Waals surface area contributed by atoms with Crippen molar-refractivity contribution in [1.29, 1.82) is 5.26 Å². The molecule has 2 heterocycles. The zero-order valence-electron chi connectivity index (χ0n) is 24.5. The fourth-order valence-electron chi connectivity index (χ4n) is 3.40. The van der Waals surface area contributed by atoms with Crippen LogP contribution in [0.2, 0.25) is 0 Å². The van der Waals surface area contributed by atoms with Crippen molar-refractivity contribution < 1.29 is 37.5 Å². The van der Waals surface area contributed by atoms with Crippen molar-refractivity contribution in [2.75, 3.05) is 32.8 Å². The number of carbonyl (C=O) groups is 4. The molecule has 3 atom stereocenters. The highest BCUT2D eigenvalue weighted by molar-refractivity contribution is 5.90. The largest absolute Gasteiger partial charge is 0.405 e. The zero-order chi connectivity index (χ0) is 31.3. The maximum atomic E-state index is 12.6. The number of hydrogen-bond acceptors (Lipinski definition) is 6. The number of alkyl halides is 3. The topological polar surface area (TPSA) is 164 Å². The quantitative estimate of drug-likeness (QED) is 0.296. The van der Waals surface area contributed by atoms with Crippen LogP contribution in [0.15, 0.2) is 0 Å². The normalized spacial score (nSPS) is 18.4. The highest BCUT2D eigenvalue weighted by Gasteiger charge is 2.36. The Labute approximate surface area is 235 Å². The zero-order valence-corrected chi connectivity index (χ0v) is 24.5. The summed E-state index contributed by atoms with van der Waals surface area (Å²) in [4.78, 5) is 49.1. The van der Waals surface area contributed by atoms with Gasteiger partial charge in [-0.05, 0) is 38.0 Å². The van der Waals surface area contributed by atoms with Gasteiger partial charge in [-0.1, -0.05) is 41.5 Å². The lowest BCUT2D eigenvalue weighted by molar-refractivity contribution is -0.137. The Morgan fingerprint density at radius 2 is 1.75 bits per heavy atom. The number of aliphatic hydroxyl groups is 1. The first-order chi connectivity index (χ1) is 18.7. The maximum Gasteiger partial charge on any atom is 0.405 e. The first-order valence-electron chi connectivity index (χ1n) is 13.7. The molecule has 2 unspecified atom stereocenters. The molecule has 0 aromatic rings. The smallest absolute Gasteiger partial charge is 0.396 e. The lowest BCUT2D eigenvalue weighted by Gasteiger charge is -2.25. The van der Waals surface area contributed by atoms with Gasteiger partial charge < -0.3 is 31.3 Å². The van der Waals surface area contributed by atoms with Crippen molar-refractivity contribution in [2.24, 2.45) is 11.8 Å². The first-order valence-corrected chi connectivity index (χ1v) is 13.7. The van der Waals surface area contributed by atoms with Gasteiger partial charge in [0.05, 0.1) is 12.6 Å². The fraction of sp³-hybridized carbons (Fsp3) is 0.808. The van der Waals surface area contributed by atoms with Gasteiger partial charge in [-0.3, -0.25) is 14.4 Å². The van der Waals surface area contributed by atoms with Gasteiger partial charge in [0.2, 0.25) is 17.7 Å². The number of nitrogens with zero attached hydrogens (tertiary/aromatic N) is 2. The molecule has 5 N–H and O–H groups in total. The number of hydrogen-bond donors (Lipinski definition) is 5. The summed E-state index contributed by atoms with van der Waals surface area (Å²) >= 11 is 0. The maximum absolute atomic E-state index is 12.6. The number of rotatable bonds is 8. The Morgan fingerprint density at radius 3 is 2.20 bits per heavy atom. The minimum atomic E-state index is -4.57. The standard InChI is InChI=1S/C17H23F3N6O4.C4H10.C3H8O.C2H6/c18-17(19,20)9-24-16(30)23-8-13(27)26-5-1-2-12(26)15(29)25-11(7-21)6-10-3-4-22-14(10)28;1-4(2)3;1-2-3-4;1-2/h10-12H,1-6,8-9H2,(H,22,28)(H,25,29)(H2,23,24,30);4H,1-3H3;4H,2-3H2,1H3;1-2H3/t10-,11?,12?;;;/m0.../s1. The molecule has 2 aliphatic heterocycles. The van der Waals surface area contributed by atoms with E-state index in [0.29, 0.717) is 32.4 Å². The van der Waals surface area contributed by atoms with Crippen molar-refractivity contribution in [1.82, 2.24) is 26.2 Å². The second kappa shape index (κ2) is 21.7. The number of carbonyl (C=O) groups excluding carboxylic acids is 4. The average molecular weight is 581 g/mol. The number of likely N-dealkylation sites (tertiary alicyclic amines) is 1. The third kappa shape index (κ3) is 18.3. The molecule has 2 fully saturated rings. The molecule has 0 bridgehead atoms. The van der Waals surface area contributed by atoms with Crippen molar-refractivity contribution in [3.05, 3.63) is 0 Å². The number of nitriles is 1. The van der Waals surface area contributed by atoms with E-state index in [1.54, 1.807) is 5.32 Å². The molecule has 232 valence electrons. The predicted molar refractivity (Wildman–Crippen MR) is 145 cm³/mol. The third-order valence-electron chi connectivity index (χ3n) is 5.10. The van der Waals surface area contributed by atoms with Crippen molar-refractivity contribution in [3.8, 4) is 6.07 Å². The van der Waals surface area contributed by atoms with Crippen LogP contribution >= 0.6 is 0 Å². The number of aliphatic hydroxyl groups excluding tert-OH is 1. The number of urea groups is 1. The van der Waals surface area contributed by atoms with Gasteiger partial charge in [0.25, 0.3) is 0 Å². The molecule has 2 rings (SSSR count). The van der Waals surface area contributed by atoms with E-state index in [-0.39, 0.29) is 24.8 Å². The van der Waals surface area contributed by atoms with Crippen LogP contribution in [0.25, 0.3) is 0 Å². The monoisotopic (exact) mass is 580 g/mol. The third-order valence-corrected chi connectivity index (χ3v) is 5.10. The number of amides is 5. The molecule has 40 heavy (non-hydrogen) atoms. The molecule has 11 nitrogen and oxygen atoms in total. The summed E-state index contributed by atoms with van der Waals surface area (Å²) in [6.45, 7) is 11.4. The number of halogens is 3. The highest BCUT2D eigenvalue weighted by Crippen LogP contribution is 2.19. The summed E-state index contributed by atoms with van der Waals surface area (Å²) in [6.07, 6.45) is -2.10. The average Bonchev–Trinajstić information content (AvgIpc) is 3.55. The lowest BCUT2D eigenvalue weighted by atomic mass is 9.99. The highest BCUT2D eigenvalue weighted by atomic mass is 19.4. The summed E-state index contributed by atoms with van der Waals surface area (Å²) in [5, 5.41) is 26.0. The molecular weight excluding hydrogens is 533 g/mol. The van der Waals surface area contributed by atoms with E-state index in [1.165, 1.54) is 4.90 Å². The number of nitrogens with one attached hydrogen (secondary N) is 4. The molecular formula is C26H47F3N6O5. The Kier molecular flexibility index (Phi) is 21.2. The summed E-state index contributed by atoms with van der Waals surface area (Å²) in [5.74, 6) is -0.876. The van der Waals surface area contributed by atoms with Crippen LogP contribution in [0, 0.1) is 23.2 Å². The van der Waals surface area contributed by atoms with Crippen LogP contribution in [0.3, 0.4) is 0 Å². The van der Waals surface area contributed by atoms with Gasteiger partial charge in [0, 0.05) is 25.6 Å². The molecule has 2 aliphatic rings. The lowest BCUT2D eigenvalue weighted by Crippen LogP contribution is -2.52. The Hall–Kier alpha value is -3.08.